The zero-order valence-corrected chi connectivity index (χ0v) is 16.1. The first-order valence-corrected chi connectivity index (χ1v) is 9.44. The Morgan fingerprint density at radius 3 is 2.75 bits per heavy atom. The average molecular weight is 391 g/mol. The summed E-state index contributed by atoms with van der Waals surface area (Å²) in [5, 5.41) is 14.4. The van der Waals surface area contributed by atoms with Crippen molar-refractivity contribution in [1.29, 1.82) is 0 Å². The van der Waals surface area contributed by atoms with Gasteiger partial charge >= 0.3 is 5.97 Å². The lowest BCUT2D eigenvalue weighted by Crippen LogP contribution is -2.00. The van der Waals surface area contributed by atoms with Crippen LogP contribution < -0.4 is 5.43 Å². The molecule has 7 heteroatoms. The molecule has 4 aromatic rings. The number of hydrazone groups is 1. The van der Waals surface area contributed by atoms with E-state index in [1.165, 1.54) is 11.3 Å². The van der Waals surface area contributed by atoms with Crippen LogP contribution >= 0.6 is 11.3 Å². The first kappa shape index (κ1) is 17.9. The topological polar surface area (TPSA) is 87.7 Å². The lowest BCUT2D eigenvalue weighted by atomic mass is 10.0. The van der Waals surface area contributed by atoms with Crippen molar-refractivity contribution in [2.75, 3.05) is 5.43 Å². The molecule has 0 aliphatic rings. The van der Waals surface area contributed by atoms with E-state index in [4.69, 9.17) is 4.42 Å². The zero-order chi connectivity index (χ0) is 19.7. The van der Waals surface area contributed by atoms with E-state index in [0.29, 0.717) is 27.9 Å². The molecule has 2 N–H and O–H groups in total. The molecule has 0 saturated heterocycles. The molecule has 0 unspecified atom stereocenters. The lowest BCUT2D eigenvalue weighted by Gasteiger charge is -2.06. The Kier molecular flexibility index (Phi) is 4.67. The summed E-state index contributed by atoms with van der Waals surface area (Å²) in [6.07, 6.45) is 0. The fraction of sp³-hybridized carbons (Fsp3) is 0.0952. The van der Waals surface area contributed by atoms with Crippen molar-refractivity contribution >= 4 is 38.4 Å². The number of hydrogen-bond donors (Lipinski definition) is 2. The fourth-order valence-corrected chi connectivity index (χ4v) is 3.73. The van der Waals surface area contributed by atoms with E-state index in [1.807, 2.05) is 49.4 Å². The van der Waals surface area contributed by atoms with E-state index in [2.05, 4.69) is 15.5 Å². The predicted octanol–water partition coefficient (Wildman–Crippen LogP) is 5.40. The first-order chi connectivity index (χ1) is 13.5. The van der Waals surface area contributed by atoms with Gasteiger partial charge in [0.25, 0.3) is 0 Å². The molecule has 2 aromatic heterocycles. The van der Waals surface area contributed by atoms with E-state index < -0.39 is 5.97 Å². The molecule has 0 radical (unpaired) electrons. The second kappa shape index (κ2) is 7.28. The van der Waals surface area contributed by atoms with Gasteiger partial charge in [-0.25, -0.2) is 9.78 Å². The summed E-state index contributed by atoms with van der Waals surface area (Å²) in [6, 6.07) is 16.7. The normalized spacial score (nSPS) is 11.7. The quantitative estimate of drug-likeness (QED) is 0.351. The monoisotopic (exact) mass is 391 g/mol. The molecular weight excluding hydrogens is 374 g/mol. The number of carboxylic acids is 1. The highest BCUT2D eigenvalue weighted by atomic mass is 32.1. The average Bonchev–Trinajstić information content (AvgIpc) is 3.33. The van der Waals surface area contributed by atoms with E-state index >= 15 is 0 Å². The Labute approximate surface area is 165 Å². The summed E-state index contributed by atoms with van der Waals surface area (Å²) in [6.45, 7) is 3.61. The van der Waals surface area contributed by atoms with Gasteiger partial charge in [0.15, 0.2) is 5.76 Å². The molecule has 0 aliphatic heterocycles. The first-order valence-electron chi connectivity index (χ1n) is 8.62. The number of anilines is 1. The zero-order valence-electron chi connectivity index (χ0n) is 15.3. The van der Waals surface area contributed by atoms with Crippen LogP contribution in [0.15, 0.2) is 64.1 Å². The summed E-state index contributed by atoms with van der Waals surface area (Å²) in [5.41, 5.74) is 6.24. The minimum Gasteiger partial charge on any atom is -0.478 e. The summed E-state index contributed by atoms with van der Waals surface area (Å²) >= 11 is 1.53. The minimum absolute atomic E-state index is 0.262. The number of para-hydroxylation sites is 1. The Morgan fingerprint density at radius 2 is 1.96 bits per heavy atom. The van der Waals surface area contributed by atoms with Crippen LogP contribution in [0, 0.1) is 6.92 Å². The highest BCUT2D eigenvalue weighted by Crippen LogP contribution is 2.28. The third-order valence-electron chi connectivity index (χ3n) is 4.41. The van der Waals surface area contributed by atoms with Crippen molar-refractivity contribution in [3.8, 4) is 11.3 Å². The van der Waals surface area contributed by atoms with Crippen LogP contribution in [0.4, 0.5) is 5.13 Å². The minimum atomic E-state index is -0.955. The van der Waals surface area contributed by atoms with Crippen LogP contribution in [0.3, 0.4) is 0 Å². The van der Waals surface area contributed by atoms with Gasteiger partial charge in [-0.3, -0.25) is 5.43 Å². The highest BCUT2D eigenvalue weighted by molar-refractivity contribution is 7.22. The Morgan fingerprint density at radius 1 is 1.14 bits per heavy atom. The van der Waals surface area contributed by atoms with Crippen LogP contribution in [0.2, 0.25) is 0 Å². The number of carbonyl (C=O) groups is 1. The van der Waals surface area contributed by atoms with Crippen molar-refractivity contribution in [3.05, 3.63) is 71.5 Å². The fourth-order valence-electron chi connectivity index (χ4n) is 2.92. The van der Waals surface area contributed by atoms with Crippen molar-refractivity contribution in [2.24, 2.45) is 5.10 Å². The molecule has 0 atom stereocenters. The molecule has 4 rings (SSSR count). The molecule has 28 heavy (non-hydrogen) atoms. The number of rotatable bonds is 5. The molecule has 0 spiro atoms. The molecular formula is C21H17N3O3S. The molecule has 0 saturated carbocycles. The van der Waals surface area contributed by atoms with Gasteiger partial charge in [0.1, 0.15) is 11.5 Å². The smallest absolute Gasteiger partial charge is 0.335 e. The molecule has 0 aliphatic carbocycles. The number of aromatic carboxylic acids is 1. The van der Waals surface area contributed by atoms with E-state index in [-0.39, 0.29) is 5.56 Å². The second-order valence-corrected chi connectivity index (χ2v) is 7.27. The maximum Gasteiger partial charge on any atom is 0.335 e. The van der Waals surface area contributed by atoms with Crippen LogP contribution in [0.5, 0.6) is 0 Å². The van der Waals surface area contributed by atoms with Gasteiger partial charge in [-0.05, 0) is 49.7 Å². The van der Waals surface area contributed by atoms with Gasteiger partial charge in [-0.15, -0.1) is 0 Å². The Hall–Kier alpha value is -3.45. The predicted molar refractivity (Wildman–Crippen MR) is 111 cm³/mol. The van der Waals surface area contributed by atoms with Crippen molar-refractivity contribution in [3.63, 3.8) is 0 Å². The molecule has 0 bridgehead atoms. The number of carboxylic acid groups (broad SMARTS) is 1. The SMILES string of the molecule is C/C(=N\Nc1nc2ccccc2s1)c1ccc(-c2cccc(C(=O)O)c2C)o1. The largest absolute Gasteiger partial charge is 0.478 e. The number of thiazole rings is 1. The number of hydrogen-bond acceptors (Lipinski definition) is 6. The third-order valence-corrected chi connectivity index (χ3v) is 5.35. The number of aromatic nitrogens is 1. The number of nitrogens with one attached hydrogen (secondary N) is 1. The summed E-state index contributed by atoms with van der Waals surface area (Å²) in [7, 11) is 0. The molecule has 140 valence electrons. The number of nitrogens with zero attached hydrogens (tertiary/aromatic N) is 2. The van der Waals surface area contributed by atoms with Crippen molar-refractivity contribution < 1.29 is 14.3 Å². The maximum atomic E-state index is 11.3. The van der Waals surface area contributed by atoms with Crippen molar-refractivity contribution in [2.45, 2.75) is 13.8 Å². The van der Waals surface area contributed by atoms with Crippen LogP contribution in [0.1, 0.15) is 28.6 Å². The Bertz CT molecular complexity index is 1170. The summed E-state index contributed by atoms with van der Waals surface area (Å²) < 4.78 is 7.00. The summed E-state index contributed by atoms with van der Waals surface area (Å²) in [4.78, 5) is 15.8. The molecule has 2 heterocycles. The summed E-state index contributed by atoms with van der Waals surface area (Å²) in [5.74, 6) is 0.248. The van der Waals surface area contributed by atoms with Crippen LogP contribution in [0.25, 0.3) is 21.5 Å². The van der Waals surface area contributed by atoms with Crippen LogP contribution in [-0.4, -0.2) is 21.8 Å². The molecule has 6 nitrogen and oxygen atoms in total. The van der Waals surface area contributed by atoms with Crippen molar-refractivity contribution in [1.82, 2.24) is 4.98 Å². The van der Waals surface area contributed by atoms with Gasteiger partial charge < -0.3 is 9.52 Å². The van der Waals surface area contributed by atoms with E-state index in [0.717, 1.165) is 15.8 Å². The Balaban J connectivity index is 1.57. The van der Waals surface area contributed by atoms with E-state index in [9.17, 15) is 9.90 Å². The van der Waals surface area contributed by atoms with Gasteiger partial charge in [0, 0.05) is 5.56 Å². The van der Waals surface area contributed by atoms with Gasteiger partial charge in [-0.2, -0.15) is 5.10 Å². The molecule has 2 aromatic carbocycles. The standard InChI is InChI=1S/C21H17N3O3S/c1-12-14(6-5-7-15(12)20(25)26)18-11-10-17(27-18)13(2)23-24-21-22-16-8-3-4-9-19(16)28-21/h3-11H,1-2H3,(H,22,24)(H,25,26)/b23-13+. The van der Waals surface area contributed by atoms with Gasteiger partial charge in [0.05, 0.1) is 15.8 Å². The molecule has 0 amide bonds. The second-order valence-electron chi connectivity index (χ2n) is 6.24. The lowest BCUT2D eigenvalue weighted by molar-refractivity contribution is 0.0696. The third kappa shape index (κ3) is 3.39. The molecule has 0 fully saturated rings. The number of furan rings is 1. The highest BCUT2D eigenvalue weighted by Gasteiger charge is 2.14. The van der Waals surface area contributed by atoms with E-state index in [1.54, 1.807) is 19.1 Å². The van der Waals surface area contributed by atoms with Crippen LogP contribution in [-0.2, 0) is 0 Å². The number of fused-ring (bicyclic) bond motifs is 1. The maximum absolute atomic E-state index is 11.3. The number of benzene rings is 2. The van der Waals surface area contributed by atoms with Gasteiger partial charge in [-0.1, -0.05) is 35.6 Å². The van der Waals surface area contributed by atoms with Gasteiger partial charge in [0.2, 0.25) is 5.13 Å².